The standard InChI is InChI=1S/C9H16N4OS2/c1-6(4-5-15-3)11-7(14)8-12-13-9(10-2)16-8/h6H,4-5H2,1-3H3,(H,10,13)(H,11,14). The van der Waals surface area contributed by atoms with Crippen molar-refractivity contribution in [1.82, 2.24) is 15.5 Å². The summed E-state index contributed by atoms with van der Waals surface area (Å²) in [5.41, 5.74) is 0. The first-order valence-electron chi connectivity index (χ1n) is 4.98. The van der Waals surface area contributed by atoms with Crippen LogP contribution in [0.2, 0.25) is 0 Å². The molecule has 0 saturated carbocycles. The molecule has 16 heavy (non-hydrogen) atoms. The Morgan fingerprint density at radius 3 is 2.88 bits per heavy atom. The molecule has 2 N–H and O–H groups in total. The number of amides is 1. The maximum Gasteiger partial charge on any atom is 0.282 e. The molecule has 1 rings (SSSR count). The highest BCUT2D eigenvalue weighted by atomic mass is 32.2. The molecule has 1 aromatic rings. The lowest BCUT2D eigenvalue weighted by atomic mass is 10.2. The summed E-state index contributed by atoms with van der Waals surface area (Å²) in [7, 11) is 1.75. The Morgan fingerprint density at radius 1 is 1.56 bits per heavy atom. The van der Waals surface area contributed by atoms with Crippen LogP contribution >= 0.6 is 23.1 Å². The molecular formula is C9H16N4OS2. The van der Waals surface area contributed by atoms with Crippen molar-refractivity contribution < 1.29 is 4.79 Å². The van der Waals surface area contributed by atoms with Crippen LogP contribution in [0.4, 0.5) is 5.13 Å². The van der Waals surface area contributed by atoms with Crippen molar-refractivity contribution in [1.29, 1.82) is 0 Å². The molecule has 0 spiro atoms. The van der Waals surface area contributed by atoms with Gasteiger partial charge in [-0.25, -0.2) is 0 Å². The van der Waals surface area contributed by atoms with Crippen molar-refractivity contribution in [2.24, 2.45) is 0 Å². The lowest BCUT2D eigenvalue weighted by molar-refractivity contribution is 0.0938. The summed E-state index contributed by atoms with van der Waals surface area (Å²) in [5, 5.41) is 14.4. The molecule has 1 atom stereocenters. The molecule has 0 aliphatic carbocycles. The van der Waals surface area contributed by atoms with E-state index in [1.165, 1.54) is 11.3 Å². The van der Waals surface area contributed by atoms with Gasteiger partial charge in [-0.2, -0.15) is 11.8 Å². The predicted molar refractivity (Wildman–Crippen MR) is 69.4 cm³/mol. The van der Waals surface area contributed by atoms with Gasteiger partial charge in [-0.05, 0) is 25.4 Å². The van der Waals surface area contributed by atoms with Crippen LogP contribution < -0.4 is 10.6 Å². The van der Waals surface area contributed by atoms with E-state index >= 15 is 0 Å². The number of anilines is 1. The van der Waals surface area contributed by atoms with Gasteiger partial charge < -0.3 is 10.6 Å². The van der Waals surface area contributed by atoms with Crippen LogP contribution in [0.3, 0.4) is 0 Å². The third-order valence-corrected chi connectivity index (χ3v) is 3.55. The van der Waals surface area contributed by atoms with Crippen LogP contribution in [-0.4, -0.2) is 41.2 Å². The summed E-state index contributed by atoms with van der Waals surface area (Å²) in [5.74, 6) is 0.895. The second-order valence-corrected chi connectivity index (χ2v) is 5.28. The molecule has 5 nitrogen and oxygen atoms in total. The van der Waals surface area contributed by atoms with Crippen LogP contribution in [0.15, 0.2) is 0 Å². The topological polar surface area (TPSA) is 66.9 Å². The second kappa shape index (κ2) is 6.70. The fourth-order valence-corrected chi connectivity index (χ4v) is 2.26. The molecule has 0 fully saturated rings. The normalized spacial score (nSPS) is 12.2. The monoisotopic (exact) mass is 260 g/mol. The molecule has 1 amide bonds. The SMILES string of the molecule is CNc1nnc(C(=O)NC(C)CCSC)s1. The molecule has 7 heteroatoms. The molecule has 1 heterocycles. The minimum absolute atomic E-state index is 0.146. The second-order valence-electron chi connectivity index (χ2n) is 3.32. The molecule has 0 bridgehead atoms. The largest absolute Gasteiger partial charge is 0.363 e. The molecule has 0 aromatic carbocycles. The number of aromatic nitrogens is 2. The van der Waals surface area contributed by atoms with Gasteiger partial charge >= 0.3 is 0 Å². The summed E-state index contributed by atoms with van der Waals surface area (Å²) < 4.78 is 0. The van der Waals surface area contributed by atoms with Crippen molar-refractivity contribution in [3.8, 4) is 0 Å². The van der Waals surface area contributed by atoms with Gasteiger partial charge in [0.25, 0.3) is 5.91 Å². The van der Waals surface area contributed by atoms with Gasteiger partial charge in [-0.3, -0.25) is 4.79 Å². The van der Waals surface area contributed by atoms with Gasteiger partial charge in [0.15, 0.2) is 0 Å². The Bertz CT molecular complexity index is 342. The van der Waals surface area contributed by atoms with Gasteiger partial charge in [0.2, 0.25) is 10.1 Å². The van der Waals surface area contributed by atoms with E-state index in [4.69, 9.17) is 0 Å². The number of carbonyl (C=O) groups excluding carboxylic acids is 1. The molecule has 0 radical (unpaired) electrons. The van der Waals surface area contributed by atoms with Crippen molar-refractivity contribution in [2.45, 2.75) is 19.4 Å². The van der Waals surface area contributed by atoms with Crippen LogP contribution in [0.5, 0.6) is 0 Å². The number of rotatable bonds is 6. The van der Waals surface area contributed by atoms with Crippen LogP contribution in [0.1, 0.15) is 23.1 Å². The van der Waals surface area contributed by atoms with Gasteiger partial charge in [-0.15, -0.1) is 10.2 Å². The Labute approximate surface area is 103 Å². The van der Waals surface area contributed by atoms with Gasteiger partial charge in [-0.1, -0.05) is 11.3 Å². The third kappa shape index (κ3) is 3.97. The van der Waals surface area contributed by atoms with E-state index in [0.29, 0.717) is 10.1 Å². The molecule has 0 saturated heterocycles. The van der Waals surface area contributed by atoms with Crippen molar-refractivity contribution in [3.05, 3.63) is 5.01 Å². The minimum Gasteiger partial charge on any atom is -0.363 e. The van der Waals surface area contributed by atoms with Crippen molar-refractivity contribution in [3.63, 3.8) is 0 Å². The fourth-order valence-electron chi connectivity index (χ4n) is 1.07. The zero-order chi connectivity index (χ0) is 12.0. The number of hydrogen-bond donors (Lipinski definition) is 2. The maximum atomic E-state index is 11.7. The number of nitrogens with zero attached hydrogens (tertiary/aromatic N) is 2. The summed E-state index contributed by atoms with van der Waals surface area (Å²) in [6.45, 7) is 1.99. The van der Waals surface area contributed by atoms with Crippen LogP contribution in [-0.2, 0) is 0 Å². The minimum atomic E-state index is -0.146. The molecule has 1 unspecified atom stereocenters. The molecule has 90 valence electrons. The van der Waals surface area contributed by atoms with E-state index in [9.17, 15) is 4.79 Å². The Morgan fingerprint density at radius 2 is 2.31 bits per heavy atom. The predicted octanol–water partition coefficient (Wildman–Crippen LogP) is 1.45. The molecule has 1 aromatic heterocycles. The van der Waals surface area contributed by atoms with Gasteiger partial charge in [0.1, 0.15) is 0 Å². The van der Waals surface area contributed by atoms with E-state index < -0.39 is 0 Å². The van der Waals surface area contributed by atoms with E-state index in [1.807, 2.05) is 6.92 Å². The van der Waals surface area contributed by atoms with Gasteiger partial charge in [0, 0.05) is 13.1 Å². The fraction of sp³-hybridized carbons (Fsp3) is 0.667. The molecule has 0 aliphatic rings. The average molecular weight is 260 g/mol. The zero-order valence-electron chi connectivity index (χ0n) is 9.61. The van der Waals surface area contributed by atoms with Gasteiger partial charge in [0.05, 0.1) is 0 Å². The van der Waals surface area contributed by atoms with Crippen molar-refractivity contribution >= 4 is 34.1 Å². The summed E-state index contributed by atoms with van der Waals surface area (Å²) >= 11 is 3.03. The highest BCUT2D eigenvalue weighted by molar-refractivity contribution is 7.98. The third-order valence-electron chi connectivity index (χ3n) is 1.97. The maximum absolute atomic E-state index is 11.7. The lowest BCUT2D eigenvalue weighted by Gasteiger charge is -2.11. The lowest BCUT2D eigenvalue weighted by Crippen LogP contribution is -2.32. The smallest absolute Gasteiger partial charge is 0.282 e. The van der Waals surface area contributed by atoms with E-state index in [1.54, 1.807) is 18.8 Å². The number of thioether (sulfide) groups is 1. The first-order chi connectivity index (χ1) is 7.67. The van der Waals surface area contributed by atoms with E-state index in [0.717, 1.165) is 12.2 Å². The summed E-state index contributed by atoms with van der Waals surface area (Å²) in [4.78, 5) is 11.7. The quantitative estimate of drug-likeness (QED) is 0.810. The Balaban J connectivity index is 2.45. The Hall–Kier alpha value is -0.820. The zero-order valence-corrected chi connectivity index (χ0v) is 11.2. The van der Waals surface area contributed by atoms with Crippen LogP contribution in [0.25, 0.3) is 0 Å². The Kier molecular flexibility index (Phi) is 5.54. The number of nitrogens with one attached hydrogen (secondary N) is 2. The summed E-state index contributed by atoms with van der Waals surface area (Å²) in [6, 6.07) is 0.168. The molecule has 0 aliphatic heterocycles. The highest BCUT2D eigenvalue weighted by Crippen LogP contribution is 2.14. The van der Waals surface area contributed by atoms with E-state index in [2.05, 4.69) is 27.1 Å². The van der Waals surface area contributed by atoms with Crippen molar-refractivity contribution in [2.75, 3.05) is 24.4 Å². The molecular weight excluding hydrogens is 244 g/mol. The summed E-state index contributed by atoms with van der Waals surface area (Å²) in [6.07, 6.45) is 3.02. The number of hydrogen-bond acceptors (Lipinski definition) is 6. The number of carbonyl (C=O) groups is 1. The first-order valence-corrected chi connectivity index (χ1v) is 7.19. The first kappa shape index (κ1) is 13.2. The van der Waals surface area contributed by atoms with E-state index in [-0.39, 0.29) is 11.9 Å². The average Bonchev–Trinajstić information content (AvgIpc) is 2.74. The highest BCUT2D eigenvalue weighted by Gasteiger charge is 2.14. The van der Waals surface area contributed by atoms with Crippen LogP contribution in [0, 0.1) is 0 Å².